The summed E-state index contributed by atoms with van der Waals surface area (Å²) >= 11 is 0. The molecule has 7 nitrogen and oxygen atoms in total. The zero-order valence-corrected chi connectivity index (χ0v) is 21.4. The molecule has 0 aliphatic carbocycles. The van der Waals surface area contributed by atoms with Crippen LogP contribution in [0.5, 0.6) is 0 Å². The molecule has 0 saturated carbocycles. The second-order valence-corrected chi connectivity index (χ2v) is 8.24. The monoisotopic (exact) mass is 631 g/mol. The summed E-state index contributed by atoms with van der Waals surface area (Å²) in [6.07, 6.45) is 1.60. The second kappa shape index (κ2) is 13.4. The van der Waals surface area contributed by atoms with Crippen LogP contribution in [-0.2, 0) is 19.5 Å². The third-order valence-corrected chi connectivity index (χ3v) is 3.22. The van der Waals surface area contributed by atoms with E-state index in [9.17, 15) is 35.3 Å². The van der Waals surface area contributed by atoms with Gasteiger partial charge < -0.3 is 17.3 Å². The third-order valence-electron chi connectivity index (χ3n) is 3.22. The molecule has 0 N–H and O–H groups in total. The molecule has 0 fully saturated rings. The van der Waals surface area contributed by atoms with E-state index in [1.807, 2.05) is 36.4 Å². The molecule has 0 aliphatic rings. The van der Waals surface area contributed by atoms with Crippen LogP contribution in [-0.4, -0.2) is 24.0 Å². The molecule has 16 heteroatoms. The number of benzene rings is 2. The maximum atomic E-state index is 11.0. The topological polar surface area (TPSA) is 84.0 Å². The smallest absolute Gasteiger partial charge is 1.00 e. The average Bonchev–Trinajstić information content (AvgIpc) is 2.72. The predicted octanol–water partition coefficient (Wildman–Crippen LogP) is 5.54. The first-order chi connectivity index (χ1) is 15.0. The molecular formula is C19H19ClF6N5O2PRu. The SMILES string of the molecule is CN(C)c1ccc(N=Nc2ccccn2)cc1[N+](=O)[O-].F[P-](F)(F)(F)(F)F.[Cl-].[Ru+2].c1ccccc1. The number of nitrogens with zero attached hydrogens (tertiary/aromatic N) is 5. The van der Waals surface area contributed by atoms with Crippen molar-refractivity contribution in [3.05, 3.63) is 89.1 Å². The molecule has 194 valence electrons. The molecule has 0 radical (unpaired) electrons. The summed E-state index contributed by atoms with van der Waals surface area (Å²) in [6, 6.07) is 22.0. The molecule has 0 saturated heterocycles. The van der Waals surface area contributed by atoms with Crippen molar-refractivity contribution in [2.75, 3.05) is 19.0 Å². The van der Waals surface area contributed by atoms with Crippen molar-refractivity contribution < 1.29 is 62.0 Å². The molecule has 0 spiro atoms. The number of anilines is 1. The van der Waals surface area contributed by atoms with Gasteiger partial charge in [0.05, 0.1) is 10.6 Å². The van der Waals surface area contributed by atoms with Gasteiger partial charge in [0.2, 0.25) is 0 Å². The summed E-state index contributed by atoms with van der Waals surface area (Å²) in [4.78, 5) is 16.3. The molecule has 0 aliphatic heterocycles. The Morgan fingerprint density at radius 3 is 1.71 bits per heavy atom. The van der Waals surface area contributed by atoms with Crippen LogP contribution >= 0.6 is 7.81 Å². The molecule has 3 aromatic rings. The summed E-state index contributed by atoms with van der Waals surface area (Å²) < 4.78 is 59.2. The number of halogens is 7. The summed E-state index contributed by atoms with van der Waals surface area (Å²) in [6.45, 7) is 0. The van der Waals surface area contributed by atoms with E-state index in [-0.39, 0.29) is 37.6 Å². The first kappa shape index (κ1) is 34.5. The Morgan fingerprint density at radius 1 is 0.857 bits per heavy atom. The average molecular weight is 631 g/mol. The molecule has 2 aromatic carbocycles. The summed E-state index contributed by atoms with van der Waals surface area (Å²) in [5.41, 5.74) is 0.923. The minimum Gasteiger partial charge on any atom is -1.00 e. The van der Waals surface area contributed by atoms with Crippen molar-refractivity contribution in [2.45, 2.75) is 0 Å². The van der Waals surface area contributed by atoms with E-state index < -0.39 is 12.7 Å². The van der Waals surface area contributed by atoms with Crippen molar-refractivity contribution in [3.8, 4) is 0 Å². The number of hydrogen-bond donors (Lipinski definition) is 0. The van der Waals surface area contributed by atoms with Gasteiger partial charge in [0.15, 0.2) is 5.82 Å². The standard InChI is InChI=1S/C13H13N5O2.C6H6.ClH.F6P.Ru/c1-17(2)11-7-6-10(9-12(11)18(19)20)15-16-13-5-3-4-8-14-13;1-2-4-6-5-3-1;;1-7(2,3,4,5)6;/h3-9H,1-2H3;1-6H;1H;;/q;;;-1;+2/p-1. The van der Waals surface area contributed by atoms with Crippen molar-refractivity contribution in [1.29, 1.82) is 0 Å². The summed E-state index contributed by atoms with van der Waals surface area (Å²) in [7, 11) is -7.16. The maximum Gasteiger partial charge on any atom is 2.00 e. The van der Waals surface area contributed by atoms with E-state index in [1.54, 1.807) is 55.5 Å². The quantitative estimate of drug-likeness (QED) is 0.0947. The number of aromatic nitrogens is 1. The number of nitro groups is 1. The summed E-state index contributed by atoms with van der Waals surface area (Å²) in [5.74, 6) is 0.451. The Morgan fingerprint density at radius 2 is 1.34 bits per heavy atom. The number of nitro benzene ring substituents is 1. The fourth-order valence-corrected chi connectivity index (χ4v) is 2.01. The van der Waals surface area contributed by atoms with Gasteiger partial charge in [0.25, 0.3) is 5.69 Å². The first-order valence-electron chi connectivity index (χ1n) is 8.88. The Kier molecular flexibility index (Phi) is 13.2. The van der Waals surface area contributed by atoms with E-state index in [0.29, 0.717) is 17.2 Å². The van der Waals surface area contributed by atoms with Gasteiger partial charge >= 0.3 is 52.5 Å². The number of azo groups is 1. The molecule has 0 bridgehead atoms. The van der Waals surface area contributed by atoms with Gasteiger partial charge in [-0.05, 0) is 24.3 Å². The van der Waals surface area contributed by atoms with Gasteiger partial charge in [-0.1, -0.05) is 42.5 Å². The van der Waals surface area contributed by atoms with Crippen LogP contribution in [0.15, 0.2) is 89.2 Å². The Hall–Kier alpha value is -2.69. The molecule has 3 rings (SSSR count). The van der Waals surface area contributed by atoms with Crippen molar-refractivity contribution >= 4 is 30.7 Å². The van der Waals surface area contributed by atoms with Crippen molar-refractivity contribution in [2.24, 2.45) is 10.2 Å². The van der Waals surface area contributed by atoms with Crippen molar-refractivity contribution in [1.82, 2.24) is 4.98 Å². The van der Waals surface area contributed by atoms with E-state index in [2.05, 4.69) is 15.2 Å². The third kappa shape index (κ3) is 19.3. The van der Waals surface area contributed by atoms with Gasteiger partial charge in [0, 0.05) is 26.4 Å². The number of rotatable bonds is 4. The fourth-order valence-electron chi connectivity index (χ4n) is 2.01. The van der Waals surface area contributed by atoms with Crippen LogP contribution in [0.1, 0.15) is 0 Å². The first-order valence-corrected chi connectivity index (χ1v) is 10.9. The largest absolute Gasteiger partial charge is 2.00 e. The second-order valence-electron chi connectivity index (χ2n) is 6.33. The minimum atomic E-state index is -10.7. The molecule has 0 atom stereocenters. The molecule has 1 aromatic heterocycles. The van der Waals surface area contributed by atoms with Crippen molar-refractivity contribution in [3.63, 3.8) is 0 Å². The van der Waals surface area contributed by atoms with E-state index in [4.69, 9.17) is 0 Å². The van der Waals surface area contributed by atoms with Gasteiger partial charge in [-0.2, -0.15) is 0 Å². The molecule has 1 heterocycles. The van der Waals surface area contributed by atoms with E-state index in [1.165, 1.54) is 6.07 Å². The van der Waals surface area contributed by atoms with E-state index >= 15 is 0 Å². The van der Waals surface area contributed by atoms with Crippen LogP contribution in [0.3, 0.4) is 0 Å². The Labute approximate surface area is 215 Å². The molecule has 0 unspecified atom stereocenters. The summed E-state index contributed by atoms with van der Waals surface area (Å²) in [5, 5.41) is 18.9. The number of pyridine rings is 1. The predicted molar refractivity (Wildman–Crippen MR) is 116 cm³/mol. The van der Waals surface area contributed by atoms with Crippen LogP contribution in [0.2, 0.25) is 0 Å². The maximum absolute atomic E-state index is 11.0. The molecular weight excluding hydrogens is 612 g/mol. The van der Waals surface area contributed by atoms with Crippen LogP contribution in [0.4, 0.5) is 48.1 Å². The van der Waals surface area contributed by atoms with Gasteiger partial charge in [-0.25, -0.2) is 4.98 Å². The number of hydrogen-bond acceptors (Lipinski definition) is 6. The van der Waals surface area contributed by atoms with Gasteiger partial charge in [0.1, 0.15) is 5.69 Å². The zero-order valence-electron chi connectivity index (χ0n) is 18.0. The van der Waals surface area contributed by atoms with Gasteiger partial charge in [-0.15, -0.1) is 10.2 Å². The van der Waals surface area contributed by atoms with Gasteiger partial charge in [-0.3, -0.25) is 10.1 Å². The van der Waals surface area contributed by atoms with Crippen LogP contribution in [0, 0.1) is 10.1 Å². The normalized spacial score (nSPS) is 12.1. The fraction of sp³-hybridized carbons (Fsp3) is 0.105. The van der Waals surface area contributed by atoms with Crippen LogP contribution < -0.4 is 17.3 Å². The van der Waals surface area contributed by atoms with Crippen LogP contribution in [0.25, 0.3) is 0 Å². The Bertz CT molecular complexity index is 1040. The van der Waals surface area contributed by atoms with E-state index in [0.717, 1.165) is 0 Å². The molecule has 0 amide bonds. The molecule has 35 heavy (non-hydrogen) atoms. The minimum absolute atomic E-state index is 0. The zero-order chi connectivity index (χ0) is 25.2. The Balaban J connectivity index is 0.